The average molecular weight is 260 g/mol. The van der Waals surface area contributed by atoms with E-state index >= 15 is 0 Å². The summed E-state index contributed by atoms with van der Waals surface area (Å²) in [5, 5.41) is 6.14. The van der Waals surface area contributed by atoms with Crippen molar-refractivity contribution < 1.29 is 0 Å². The lowest BCUT2D eigenvalue weighted by molar-refractivity contribution is 0.238. The van der Waals surface area contributed by atoms with Gasteiger partial charge in [0.2, 0.25) is 0 Å². The van der Waals surface area contributed by atoms with Crippen LogP contribution in [-0.2, 0) is 5.54 Å². The summed E-state index contributed by atoms with van der Waals surface area (Å²) >= 11 is 4.68. The van der Waals surface area contributed by atoms with Crippen molar-refractivity contribution in [3.05, 3.63) is 29.8 Å². The maximum Gasteiger partial charge on any atom is 0.0743 e. The quantitative estimate of drug-likeness (QED) is 0.648. The van der Waals surface area contributed by atoms with E-state index in [0.717, 1.165) is 12.2 Å². The van der Waals surface area contributed by atoms with Gasteiger partial charge in [-0.1, -0.05) is 38.3 Å². The van der Waals surface area contributed by atoms with Crippen LogP contribution in [0.1, 0.15) is 44.6 Å². The number of thiocarbonyl (C=S) groups is 1. The molecule has 0 aromatic heterocycles. The Hall–Kier alpha value is -1.02. The molecule has 0 amide bonds. The van der Waals surface area contributed by atoms with Gasteiger partial charge in [-0.15, -0.1) is 0 Å². The van der Waals surface area contributed by atoms with E-state index < -0.39 is 0 Å². The Morgan fingerprint density at radius 2 is 2.11 bits per heavy atom. The zero-order valence-electron chi connectivity index (χ0n) is 10.9. The average Bonchev–Trinajstić information content (AvgIpc) is 2.41. The summed E-state index contributed by atoms with van der Waals surface area (Å²) in [6, 6.07) is 8.39. The van der Waals surface area contributed by atoms with Crippen molar-refractivity contribution in [3.8, 4) is 0 Å². The van der Waals surface area contributed by atoms with Crippen molar-refractivity contribution in [2.24, 2.45) is 4.99 Å². The molecule has 1 saturated carbocycles. The molecule has 0 heterocycles. The van der Waals surface area contributed by atoms with Gasteiger partial charge >= 0.3 is 0 Å². The van der Waals surface area contributed by atoms with Crippen molar-refractivity contribution in [3.63, 3.8) is 0 Å². The smallest absolute Gasteiger partial charge is 0.0743 e. The Morgan fingerprint density at radius 3 is 2.78 bits per heavy atom. The molecule has 1 aliphatic rings. The molecule has 0 bridgehead atoms. The van der Waals surface area contributed by atoms with Gasteiger partial charge in [-0.2, -0.15) is 4.99 Å². The predicted octanol–water partition coefficient (Wildman–Crippen LogP) is 4.19. The van der Waals surface area contributed by atoms with Crippen LogP contribution in [0.2, 0.25) is 0 Å². The van der Waals surface area contributed by atoms with E-state index in [1.54, 1.807) is 0 Å². The highest BCUT2D eigenvalue weighted by molar-refractivity contribution is 7.78. The SMILES string of the molecule is CCNC1(c2cccc(N=C=S)c2)CCCCC1. The predicted molar refractivity (Wildman–Crippen MR) is 79.6 cm³/mol. The first-order valence-electron chi connectivity index (χ1n) is 6.74. The van der Waals surface area contributed by atoms with Crippen molar-refractivity contribution in [2.75, 3.05) is 6.54 Å². The van der Waals surface area contributed by atoms with E-state index in [1.807, 2.05) is 6.07 Å². The van der Waals surface area contributed by atoms with Crippen LogP contribution in [0.3, 0.4) is 0 Å². The number of rotatable bonds is 4. The Bertz CT molecular complexity index is 438. The highest BCUT2D eigenvalue weighted by Gasteiger charge is 2.32. The molecule has 1 fully saturated rings. The number of isothiocyanates is 1. The molecule has 0 radical (unpaired) electrons. The lowest BCUT2D eigenvalue weighted by Crippen LogP contribution is -2.43. The summed E-state index contributed by atoms with van der Waals surface area (Å²) in [6.07, 6.45) is 6.38. The fourth-order valence-electron chi connectivity index (χ4n) is 2.99. The largest absolute Gasteiger partial charge is 0.308 e. The summed E-state index contributed by atoms with van der Waals surface area (Å²) in [4.78, 5) is 4.09. The van der Waals surface area contributed by atoms with Crippen LogP contribution in [-0.4, -0.2) is 11.7 Å². The lowest BCUT2D eigenvalue weighted by Gasteiger charge is -2.39. The van der Waals surface area contributed by atoms with Crippen LogP contribution in [0.5, 0.6) is 0 Å². The second-order valence-electron chi connectivity index (χ2n) is 4.93. The van der Waals surface area contributed by atoms with E-state index in [-0.39, 0.29) is 5.54 Å². The van der Waals surface area contributed by atoms with Crippen LogP contribution < -0.4 is 5.32 Å². The monoisotopic (exact) mass is 260 g/mol. The molecule has 2 nitrogen and oxygen atoms in total. The molecule has 0 atom stereocenters. The Balaban J connectivity index is 2.35. The number of aliphatic imine (C=N–C) groups is 1. The van der Waals surface area contributed by atoms with Crippen molar-refractivity contribution in [1.82, 2.24) is 5.32 Å². The molecule has 0 unspecified atom stereocenters. The summed E-state index contributed by atoms with van der Waals surface area (Å²) < 4.78 is 0. The summed E-state index contributed by atoms with van der Waals surface area (Å²) in [6.45, 7) is 3.18. The van der Waals surface area contributed by atoms with Gasteiger partial charge < -0.3 is 5.32 Å². The molecule has 1 aromatic rings. The first-order valence-corrected chi connectivity index (χ1v) is 7.15. The van der Waals surface area contributed by atoms with E-state index in [2.05, 4.69) is 52.8 Å². The maximum absolute atomic E-state index is 4.68. The first kappa shape index (κ1) is 13.4. The van der Waals surface area contributed by atoms with Crippen LogP contribution in [0.15, 0.2) is 29.3 Å². The van der Waals surface area contributed by atoms with Gasteiger partial charge in [0.15, 0.2) is 0 Å². The fraction of sp³-hybridized carbons (Fsp3) is 0.533. The van der Waals surface area contributed by atoms with Gasteiger partial charge in [0.05, 0.1) is 10.8 Å². The molecular formula is C15H20N2S. The minimum absolute atomic E-state index is 0.139. The van der Waals surface area contributed by atoms with Crippen LogP contribution in [0, 0.1) is 0 Å². The van der Waals surface area contributed by atoms with E-state index in [4.69, 9.17) is 0 Å². The standard InChI is InChI=1S/C15H20N2S/c1-2-17-15(9-4-3-5-10-15)13-7-6-8-14(11-13)16-12-18/h6-8,11,17H,2-5,9-10H2,1H3. The van der Waals surface area contributed by atoms with Gasteiger partial charge in [0.1, 0.15) is 0 Å². The number of hydrogen-bond acceptors (Lipinski definition) is 3. The fourth-order valence-corrected chi connectivity index (χ4v) is 3.09. The minimum atomic E-state index is 0.139. The molecule has 1 N–H and O–H groups in total. The van der Waals surface area contributed by atoms with Crippen molar-refractivity contribution in [2.45, 2.75) is 44.6 Å². The molecule has 1 aromatic carbocycles. The topological polar surface area (TPSA) is 24.4 Å². The van der Waals surface area contributed by atoms with Crippen LogP contribution >= 0.6 is 12.2 Å². The van der Waals surface area contributed by atoms with Gasteiger partial charge in [-0.25, -0.2) is 0 Å². The van der Waals surface area contributed by atoms with E-state index in [9.17, 15) is 0 Å². The van der Waals surface area contributed by atoms with Crippen LogP contribution in [0.25, 0.3) is 0 Å². The van der Waals surface area contributed by atoms with Gasteiger partial charge in [-0.3, -0.25) is 0 Å². The van der Waals surface area contributed by atoms with E-state index in [0.29, 0.717) is 0 Å². The Labute approximate surface area is 115 Å². The first-order chi connectivity index (χ1) is 8.80. The molecule has 3 heteroatoms. The van der Waals surface area contributed by atoms with Gasteiger partial charge in [0.25, 0.3) is 0 Å². The highest BCUT2D eigenvalue weighted by Crippen LogP contribution is 2.38. The summed E-state index contributed by atoms with van der Waals surface area (Å²) in [5.41, 5.74) is 2.39. The third kappa shape index (κ3) is 2.86. The molecule has 18 heavy (non-hydrogen) atoms. The molecule has 1 aliphatic carbocycles. The Morgan fingerprint density at radius 1 is 1.33 bits per heavy atom. The van der Waals surface area contributed by atoms with Gasteiger partial charge in [-0.05, 0) is 49.3 Å². The second-order valence-corrected chi connectivity index (χ2v) is 5.11. The zero-order chi connectivity index (χ0) is 12.8. The summed E-state index contributed by atoms with van der Waals surface area (Å²) in [7, 11) is 0. The zero-order valence-corrected chi connectivity index (χ0v) is 11.7. The maximum atomic E-state index is 4.68. The number of nitrogens with one attached hydrogen (secondary N) is 1. The van der Waals surface area contributed by atoms with Crippen molar-refractivity contribution in [1.29, 1.82) is 0 Å². The third-order valence-electron chi connectivity index (χ3n) is 3.80. The molecule has 0 aliphatic heterocycles. The van der Waals surface area contributed by atoms with Crippen LogP contribution in [0.4, 0.5) is 5.69 Å². The second kappa shape index (κ2) is 6.24. The lowest BCUT2D eigenvalue weighted by atomic mass is 9.76. The minimum Gasteiger partial charge on any atom is -0.308 e. The molecule has 96 valence electrons. The van der Waals surface area contributed by atoms with Crippen molar-refractivity contribution >= 4 is 23.1 Å². The third-order valence-corrected chi connectivity index (χ3v) is 3.89. The number of hydrogen-bond donors (Lipinski definition) is 1. The molecule has 0 saturated heterocycles. The molecular weight excluding hydrogens is 240 g/mol. The Kier molecular flexibility index (Phi) is 4.65. The van der Waals surface area contributed by atoms with Gasteiger partial charge in [0, 0.05) is 5.54 Å². The number of nitrogens with zero attached hydrogens (tertiary/aromatic N) is 1. The normalized spacial score (nSPS) is 18.1. The highest BCUT2D eigenvalue weighted by atomic mass is 32.1. The summed E-state index contributed by atoms with van der Waals surface area (Å²) in [5.74, 6) is 0. The van der Waals surface area contributed by atoms with E-state index in [1.165, 1.54) is 37.7 Å². The number of benzene rings is 1. The molecule has 0 spiro atoms. The molecule has 2 rings (SSSR count).